The van der Waals surface area contributed by atoms with E-state index in [9.17, 15) is 9.90 Å². The lowest BCUT2D eigenvalue weighted by Crippen LogP contribution is -2.37. The maximum atomic E-state index is 11.2. The highest BCUT2D eigenvalue weighted by Gasteiger charge is 2.49. The van der Waals surface area contributed by atoms with Crippen molar-refractivity contribution in [1.29, 1.82) is 0 Å². The van der Waals surface area contributed by atoms with Gasteiger partial charge in [0.25, 0.3) is 0 Å². The predicted molar refractivity (Wildman–Crippen MR) is 46.9 cm³/mol. The summed E-state index contributed by atoms with van der Waals surface area (Å²) in [6, 6.07) is 0. The smallest absolute Gasteiger partial charge is 0.333 e. The van der Waals surface area contributed by atoms with Gasteiger partial charge in [-0.25, -0.2) is 4.79 Å². The van der Waals surface area contributed by atoms with E-state index >= 15 is 0 Å². The largest absolute Gasteiger partial charge is 0.462 e. The number of aliphatic hydroxyl groups excluding tert-OH is 1. The molecular weight excluding hydrogens is 168 g/mol. The van der Waals surface area contributed by atoms with E-state index in [-0.39, 0.29) is 23.4 Å². The maximum Gasteiger partial charge on any atom is 0.333 e. The Balaban J connectivity index is 2.28. The summed E-state index contributed by atoms with van der Waals surface area (Å²) in [4.78, 5) is 11.2. The molecule has 2 fully saturated rings. The second kappa shape index (κ2) is 2.58. The average Bonchev–Trinajstić information content (AvgIpc) is 2.36. The Kier molecular flexibility index (Phi) is 1.74. The number of esters is 1. The molecule has 2 rings (SSSR count). The number of carbonyl (C=O) groups is 1. The fraction of sp³-hybridized carbons (Fsp3) is 0.700. The van der Waals surface area contributed by atoms with Crippen molar-refractivity contribution in [2.45, 2.75) is 25.9 Å². The molecule has 2 aliphatic rings. The number of hydrogen-bond acceptors (Lipinski definition) is 3. The molecule has 1 saturated carbocycles. The molecule has 1 aliphatic carbocycles. The first-order valence-electron chi connectivity index (χ1n) is 4.57. The third kappa shape index (κ3) is 1.18. The van der Waals surface area contributed by atoms with E-state index in [4.69, 9.17) is 4.74 Å². The number of ether oxygens (including phenoxy) is 1. The van der Waals surface area contributed by atoms with Crippen LogP contribution >= 0.6 is 0 Å². The molecule has 1 unspecified atom stereocenters. The Bertz CT molecular complexity index is 271. The zero-order chi connectivity index (χ0) is 9.64. The van der Waals surface area contributed by atoms with Gasteiger partial charge in [0.05, 0.1) is 12.7 Å². The van der Waals surface area contributed by atoms with Crippen LogP contribution in [0.4, 0.5) is 0 Å². The minimum absolute atomic E-state index is 0.0790. The minimum atomic E-state index is -0.304. The molecular formula is C10H14O3. The van der Waals surface area contributed by atoms with Gasteiger partial charge in [0.2, 0.25) is 0 Å². The van der Waals surface area contributed by atoms with Crippen molar-refractivity contribution in [2.24, 2.45) is 11.3 Å². The lowest BCUT2D eigenvalue weighted by atomic mass is 9.75. The molecule has 0 aromatic rings. The Morgan fingerprint density at radius 1 is 1.69 bits per heavy atom. The Morgan fingerprint density at radius 3 is 3.08 bits per heavy atom. The van der Waals surface area contributed by atoms with Gasteiger partial charge in [-0.1, -0.05) is 13.5 Å². The van der Waals surface area contributed by atoms with E-state index in [1.54, 1.807) is 0 Å². The van der Waals surface area contributed by atoms with Gasteiger partial charge in [-0.15, -0.1) is 0 Å². The quantitative estimate of drug-likeness (QED) is 0.447. The molecule has 1 heterocycles. The second-order valence-corrected chi connectivity index (χ2v) is 4.40. The van der Waals surface area contributed by atoms with Crippen molar-refractivity contribution >= 4 is 5.97 Å². The first-order valence-corrected chi connectivity index (χ1v) is 4.57. The van der Waals surface area contributed by atoms with E-state index in [1.807, 2.05) is 6.92 Å². The van der Waals surface area contributed by atoms with Crippen LogP contribution in [0.2, 0.25) is 0 Å². The Hall–Kier alpha value is -0.830. The van der Waals surface area contributed by atoms with Crippen LogP contribution in [0, 0.1) is 11.3 Å². The van der Waals surface area contributed by atoms with Crippen molar-refractivity contribution in [3.8, 4) is 0 Å². The summed E-state index contributed by atoms with van der Waals surface area (Å²) in [7, 11) is 0. The van der Waals surface area contributed by atoms with Crippen LogP contribution in [0.3, 0.4) is 0 Å². The molecule has 1 aliphatic heterocycles. The molecule has 0 aromatic carbocycles. The molecule has 1 N–H and O–H groups in total. The molecule has 3 nitrogen and oxygen atoms in total. The van der Waals surface area contributed by atoms with Crippen molar-refractivity contribution < 1.29 is 14.6 Å². The first-order chi connectivity index (χ1) is 6.03. The zero-order valence-electron chi connectivity index (χ0n) is 7.75. The third-order valence-electron chi connectivity index (χ3n) is 3.27. The summed E-state index contributed by atoms with van der Waals surface area (Å²) in [5, 5.41) is 9.52. The van der Waals surface area contributed by atoms with Crippen LogP contribution in [0.1, 0.15) is 19.8 Å². The van der Waals surface area contributed by atoms with Gasteiger partial charge in [-0.3, -0.25) is 0 Å². The number of cyclic esters (lactones) is 1. The van der Waals surface area contributed by atoms with Crippen LogP contribution in [0.5, 0.6) is 0 Å². The molecule has 72 valence electrons. The topological polar surface area (TPSA) is 46.5 Å². The molecule has 0 amide bonds. The standard InChI is InChI=1S/C10H14O3/c1-6-8-3-7(11)4-10(8,2)5-13-9(6)12/h7-8,11H,1,3-5H2,2H3/t7-,8?,10+/m0/s1. The summed E-state index contributed by atoms with van der Waals surface area (Å²) < 4.78 is 5.01. The first kappa shape index (κ1) is 8.75. The lowest BCUT2D eigenvalue weighted by Gasteiger charge is -2.35. The van der Waals surface area contributed by atoms with Crippen LogP contribution in [0.25, 0.3) is 0 Å². The second-order valence-electron chi connectivity index (χ2n) is 4.40. The van der Waals surface area contributed by atoms with Crippen LogP contribution in [0.15, 0.2) is 12.2 Å². The summed E-state index contributed by atoms with van der Waals surface area (Å²) in [6.45, 7) is 6.20. The van der Waals surface area contributed by atoms with Gasteiger partial charge in [0.15, 0.2) is 0 Å². The molecule has 3 atom stereocenters. The minimum Gasteiger partial charge on any atom is -0.462 e. The van der Waals surface area contributed by atoms with E-state index in [2.05, 4.69) is 6.58 Å². The van der Waals surface area contributed by atoms with Gasteiger partial charge >= 0.3 is 5.97 Å². The highest BCUT2D eigenvalue weighted by Crippen LogP contribution is 2.49. The van der Waals surface area contributed by atoms with Gasteiger partial charge in [0.1, 0.15) is 0 Å². The SMILES string of the molecule is C=C1C(=O)OC[C@@]2(C)C[C@@H](O)CC12. The van der Waals surface area contributed by atoms with Gasteiger partial charge in [-0.2, -0.15) is 0 Å². The highest BCUT2D eigenvalue weighted by molar-refractivity contribution is 5.89. The fourth-order valence-electron chi connectivity index (χ4n) is 2.51. The highest BCUT2D eigenvalue weighted by atomic mass is 16.5. The molecule has 0 spiro atoms. The van der Waals surface area contributed by atoms with E-state index < -0.39 is 0 Å². The van der Waals surface area contributed by atoms with Crippen LogP contribution in [-0.2, 0) is 9.53 Å². The van der Waals surface area contributed by atoms with E-state index in [1.165, 1.54) is 0 Å². The number of rotatable bonds is 0. The molecule has 0 bridgehead atoms. The van der Waals surface area contributed by atoms with Crippen LogP contribution in [-0.4, -0.2) is 23.8 Å². The van der Waals surface area contributed by atoms with E-state index in [0.717, 1.165) is 0 Å². The predicted octanol–water partition coefficient (Wildman–Crippen LogP) is 0.877. The molecule has 13 heavy (non-hydrogen) atoms. The van der Waals surface area contributed by atoms with Crippen molar-refractivity contribution in [3.05, 3.63) is 12.2 Å². The molecule has 0 aromatic heterocycles. The number of fused-ring (bicyclic) bond motifs is 1. The third-order valence-corrected chi connectivity index (χ3v) is 3.27. The Labute approximate surface area is 77.4 Å². The van der Waals surface area contributed by atoms with Gasteiger partial charge < -0.3 is 9.84 Å². The molecule has 1 saturated heterocycles. The van der Waals surface area contributed by atoms with Crippen molar-refractivity contribution in [2.75, 3.05) is 6.61 Å². The normalized spacial score (nSPS) is 44.5. The summed E-state index contributed by atoms with van der Waals surface area (Å²) >= 11 is 0. The summed E-state index contributed by atoms with van der Waals surface area (Å²) in [5.41, 5.74) is 0.454. The maximum absolute atomic E-state index is 11.2. The molecule has 0 radical (unpaired) electrons. The lowest BCUT2D eigenvalue weighted by molar-refractivity contribution is -0.149. The van der Waals surface area contributed by atoms with Crippen molar-refractivity contribution in [3.63, 3.8) is 0 Å². The number of aliphatic hydroxyl groups is 1. The number of hydrogen-bond donors (Lipinski definition) is 1. The van der Waals surface area contributed by atoms with Crippen LogP contribution < -0.4 is 0 Å². The van der Waals surface area contributed by atoms with Gasteiger partial charge in [0, 0.05) is 16.9 Å². The van der Waals surface area contributed by atoms with Gasteiger partial charge in [-0.05, 0) is 12.8 Å². The fourth-order valence-corrected chi connectivity index (χ4v) is 2.51. The van der Waals surface area contributed by atoms with E-state index in [0.29, 0.717) is 25.0 Å². The zero-order valence-corrected chi connectivity index (χ0v) is 7.75. The Morgan fingerprint density at radius 2 is 2.38 bits per heavy atom. The summed E-state index contributed by atoms with van der Waals surface area (Å²) in [5.74, 6) is -0.180. The van der Waals surface area contributed by atoms with Crippen molar-refractivity contribution in [1.82, 2.24) is 0 Å². The monoisotopic (exact) mass is 182 g/mol. The number of carbonyl (C=O) groups excluding carboxylic acids is 1. The average molecular weight is 182 g/mol. The molecule has 3 heteroatoms. The summed E-state index contributed by atoms with van der Waals surface area (Å²) in [6.07, 6.45) is 1.07.